The standard InChI is InChI=1S/C22H19N5O4S/c1-14-6-8-17(9-7-14)26-19(16-4-3-5-18(11-16)27(29)30)12-23-22(26)32-13-21(28)24-20-10-15(2)31-25-20/h3-12H,13H2,1-2H3,(H,24,25,28). The number of nitro benzene ring substituents is 1. The van der Waals surface area contributed by atoms with Gasteiger partial charge in [0.1, 0.15) is 5.76 Å². The highest BCUT2D eigenvalue weighted by Crippen LogP contribution is 2.31. The fourth-order valence-corrected chi connectivity index (χ4v) is 3.89. The zero-order valence-electron chi connectivity index (χ0n) is 17.3. The number of nitro groups is 1. The number of carbonyl (C=O) groups excluding carboxylic acids is 1. The lowest BCUT2D eigenvalue weighted by Gasteiger charge is -2.12. The Morgan fingerprint density at radius 3 is 2.66 bits per heavy atom. The Labute approximate surface area is 187 Å². The highest BCUT2D eigenvalue weighted by molar-refractivity contribution is 7.99. The fraction of sp³-hybridized carbons (Fsp3) is 0.136. The Balaban J connectivity index is 1.65. The first-order valence-electron chi connectivity index (χ1n) is 9.66. The maximum absolute atomic E-state index is 12.4. The van der Waals surface area contributed by atoms with Crippen molar-refractivity contribution in [1.82, 2.24) is 14.7 Å². The van der Waals surface area contributed by atoms with Crippen LogP contribution in [0.4, 0.5) is 11.5 Å². The summed E-state index contributed by atoms with van der Waals surface area (Å²) in [6.07, 6.45) is 1.65. The largest absolute Gasteiger partial charge is 0.360 e. The molecule has 10 heteroatoms. The van der Waals surface area contributed by atoms with E-state index in [1.807, 2.05) is 35.8 Å². The monoisotopic (exact) mass is 449 g/mol. The van der Waals surface area contributed by atoms with Crippen molar-refractivity contribution >= 4 is 29.2 Å². The van der Waals surface area contributed by atoms with Gasteiger partial charge < -0.3 is 9.84 Å². The molecule has 9 nitrogen and oxygen atoms in total. The quantitative estimate of drug-likeness (QED) is 0.245. The van der Waals surface area contributed by atoms with Crippen molar-refractivity contribution in [3.8, 4) is 16.9 Å². The number of hydrogen-bond acceptors (Lipinski definition) is 7. The van der Waals surface area contributed by atoms with Gasteiger partial charge >= 0.3 is 0 Å². The third-order valence-corrected chi connectivity index (χ3v) is 5.55. The Morgan fingerprint density at radius 2 is 1.97 bits per heavy atom. The van der Waals surface area contributed by atoms with Crippen molar-refractivity contribution < 1.29 is 14.2 Å². The topological polar surface area (TPSA) is 116 Å². The summed E-state index contributed by atoms with van der Waals surface area (Å²) in [6.45, 7) is 3.73. The Kier molecular flexibility index (Phi) is 6.04. The molecular formula is C22H19N5O4S. The molecule has 2 aromatic carbocycles. The van der Waals surface area contributed by atoms with Crippen molar-refractivity contribution in [2.45, 2.75) is 19.0 Å². The van der Waals surface area contributed by atoms with E-state index < -0.39 is 4.92 Å². The normalized spacial score (nSPS) is 10.8. The van der Waals surface area contributed by atoms with Crippen LogP contribution >= 0.6 is 11.8 Å². The molecule has 0 bridgehead atoms. The van der Waals surface area contributed by atoms with E-state index in [9.17, 15) is 14.9 Å². The van der Waals surface area contributed by atoms with Gasteiger partial charge in [0.2, 0.25) is 5.91 Å². The van der Waals surface area contributed by atoms with Gasteiger partial charge in [0, 0.05) is 29.4 Å². The molecule has 0 radical (unpaired) electrons. The number of carbonyl (C=O) groups is 1. The molecule has 32 heavy (non-hydrogen) atoms. The van der Waals surface area contributed by atoms with E-state index in [2.05, 4.69) is 15.5 Å². The summed E-state index contributed by atoms with van der Waals surface area (Å²) in [5.41, 5.74) is 3.27. The minimum absolute atomic E-state index is 0.00403. The number of benzene rings is 2. The SMILES string of the molecule is Cc1ccc(-n2c(-c3cccc([N+](=O)[O-])c3)cnc2SCC(=O)Nc2cc(C)on2)cc1. The maximum atomic E-state index is 12.4. The number of amides is 1. The van der Waals surface area contributed by atoms with Crippen molar-refractivity contribution in [2.75, 3.05) is 11.1 Å². The molecule has 0 fully saturated rings. The Morgan fingerprint density at radius 1 is 1.19 bits per heavy atom. The zero-order chi connectivity index (χ0) is 22.7. The van der Waals surface area contributed by atoms with Gasteiger partial charge in [-0.2, -0.15) is 0 Å². The molecule has 0 aliphatic heterocycles. The summed E-state index contributed by atoms with van der Waals surface area (Å²) in [6, 6.07) is 15.9. The molecule has 162 valence electrons. The lowest BCUT2D eigenvalue weighted by molar-refractivity contribution is -0.384. The van der Waals surface area contributed by atoms with Gasteiger partial charge in [0.15, 0.2) is 11.0 Å². The van der Waals surface area contributed by atoms with E-state index in [1.165, 1.54) is 23.9 Å². The first kappa shape index (κ1) is 21.3. The van der Waals surface area contributed by atoms with Gasteiger partial charge in [-0.25, -0.2) is 4.98 Å². The number of nitrogens with zero attached hydrogens (tertiary/aromatic N) is 4. The van der Waals surface area contributed by atoms with E-state index >= 15 is 0 Å². The molecule has 4 aromatic rings. The van der Waals surface area contributed by atoms with Crippen molar-refractivity contribution in [3.05, 3.63) is 82.2 Å². The summed E-state index contributed by atoms with van der Waals surface area (Å²) in [5, 5.41) is 18.3. The molecule has 2 heterocycles. The van der Waals surface area contributed by atoms with Crippen molar-refractivity contribution in [3.63, 3.8) is 0 Å². The van der Waals surface area contributed by atoms with Crippen LogP contribution in [0, 0.1) is 24.0 Å². The van der Waals surface area contributed by atoms with Crippen molar-refractivity contribution in [1.29, 1.82) is 0 Å². The Bertz CT molecular complexity index is 1280. The smallest absolute Gasteiger partial charge is 0.270 e. The first-order chi connectivity index (χ1) is 15.4. The number of imidazole rings is 1. The second-order valence-corrected chi connectivity index (χ2v) is 8.01. The van der Waals surface area contributed by atoms with Crippen LogP contribution in [0.2, 0.25) is 0 Å². The number of aromatic nitrogens is 3. The summed E-state index contributed by atoms with van der Waals surface area (Å²) >= 11 is 1.25. The van der Waals surface area contributed by atoms with Gasteiger partial charge in [0.25, 0.3) is 5.69 Å². The molecule has 0 spiro atoms. The van der Waals surface area contributed by atoms with Gasteiger partial charge in [-0.3, -0.25) is 19.5 Å². The minimum Gasteiger partial charge on any atom is -0.360 e. The van der Waals surface area contributed by atoms with Crippen LogP contribution in [-0.4, -0.2) is 31.3 Å². The summed E-state index contributed by atoms with van der Waals surface area (Å²) < 4.78 is 6.84. The van der Waals surface area contributed by atoms with Crippen LogP contribution < -0.4 is 5.32 Å². The molecule has 0 aliphatic carbocycles. The van der Waals surface area contributed by atoms with Crippen LogP contribution in [0.5, 0.6) is 0 Å². The number of rotatable bonds is 7. The second kappa shape index (κ2) is 9.06. The van der Waals surface area contributed by atoms with Crippen LogP contribution in [0.1, 0.15) is 11.3 Å². The average Bonchev–Trinajstić information content (AvgIpc) is 3.39. The first-order valence-corrected chi connectivity index (χ1v) is 10.6. The third kappa shape index (κ3) is 4.70. The maximum Gasteiger partial charge on any atom is 0.270 e. The van der Waals surface area contributed by atoms with E-state index in [0.717, 1.165) is 11.3 Å². The molecule has 0 aliphatic rings. The molecule has 1 amide bonds. The zero-order valence-corrected chi connectivity index (χ0v) is 18.1. The fourth-order valence-electron chi connectivity index (χ4n) is 3.10. The van der Waals surface area contributed by atoms with E-state index in [0.29, 0.717) is 28.0 Å². The summed E-state index contributed by atoms with van der Waals surface area (Å²) in [7, 11) is 0. The van der Waals surface area contributed by atoms with Crippen LogP contribution in [0.15, 0.2) is 70.5 Å². The number of hydrogen-bond donors (Lipinski definition) is 1. The second-order valence-electron chi connectivity index (χ2n) is 7.06. The van der Waals surface area contributed by atoms with E-state index in [1.54, 1.807) is 31.3 Å². The van der Waals surface area contributed by atoms with Gasteiger partial charge in [-0.1, -0.05) is 46.7 Å². The molecule has 0 saturated heterocycles. The molecule has 0 atom stereocenters. The number of anilines is 1. The van der Waals surface area contributed by atoms with Crippen molar-refractivity contribution in [2.24, 2.45) is 0 Å². The minimum atomic E-state index is -0.429. The number of non-ortho nitro benzene ring substituents is 1. The molecule has 2 aromatic heterocycles. The summed E-state index contributed by atoms with van der Waals surface area (Å²) in [4.78, 5) is 27.7. The highest BCUT2D eigenvalue weighted by atomic mass is 32.2. The molecule has 0 unspecified atom stereocenters. The molecule has 0 saturated carbocycles. The van der Waals surface area contributed by atoms with E-state index in [4.69, 9.17) is 4.52 Å². The van der Waals surface area contributed by atoms with E-state index in [-0.39, 0.29) is 17.3 Å². The number of nitrogens with one attached hydrogen (secondary N) is 1. The molecule has 1 N–H and O–H groups in total. The summed E-state index contributed by atoms with van der Waals surface area (Å²) in [5.74, 6) is 0.804. The highest BCUT2D eigenvalue weighted by Gasteiger charge is 2.18. The van der Waals surface area contributed by atoms with Crippen LogP contribution in [0.25, 0.3) is 16.9 Å². The van der Waals surface area contributed by atoms with Gasteiger partial charge in [-0.15, -0.1) is 0 Å². The van der Waals surface area contributed by atoms with Crippen LogP contribution in [-0.2, 0) is 4.79 Å². The molecule has 4 rings (SSSR count). The molecular weight excluding hydrogens is 430 g/mol. The van der Waals surface area contributed by atoms with Crippen LogP contribution in [0.3, 0.4) is 0 Å². The van der Waals surface area contributed by atoms with Gasteiger partial charge in [0.05, 0.1) is 22.6 Å². The number of aryl methyl sites for hydroxylation is 2. The lowest BCUT2D eigenvalue weighted by atomic mass is 10.1. The third-order valence-electron chi connectivity index (χ3n) is 4.60. The van der Waals surface area contributed by atoms with Gasteiger partial charge in [-0.05, 0) is 26.0 Å². The average molecular weight is 449 g/mol. The Hall–Kier alpha value is -3.92. The predicted molar refractivity (Wildman–Crippen MR) is 121 cm³/mol. The lowest BCUT2D eigenvalue weighted by Crippen LogP contribution is -2.14. The number of thioether (sulfide) groups is 1. The predicted octanol–water partition coefficient (Wildman–Crippen LogP) is 4.78.